The molecule has 2 aromatic heterocycles. The fourth-order valence-corrected chi connectivity index (χ4v) is 2.59. The average molecular weight is 309 g/mol. The number of carbonyl (C=O) groups excluding carboxylic acids is 1. The van der Waals surface area contributed by atoms with Gasteiger partial charge in [0.15, 0.2) is 0 Å². The van der Waals surface area contributed by atoms with Crippen LogP contribution in [0.4, 0.5) is 0 Å². The minimum absolute atomic E-state index is 0.103. The molecule has 1 amide bonds. The molecule has 0 aliphatic heterocycles. The molecule has 0 aliphatic rings. The topological polar surface area (TPSA) is 75.6 Å². The monoisotopic (exact) mass is 309 g/mol. The van der Waals surface area contributed by atoms with E-state index in [2.05, 4.69) is 32.6 Å². The van der Waals surface area contributed by atoms with E-state index in [1.807, 2.05) is 36.7 Å². The molecule has 0 bridgehead atoms. The van der Waals surface area contributed by atoms with Crippen LogP contribution in [0.15, 0.2) is 43.0 Å². The van der Waals surface area contributed by atoms with Crippen molar-refractivity contribution in [2.24, 2.45) is 0 Å². The van der Waals surface area contributed by atoms with Crippen molar-refractivity contribution < 1.29 is 4.79 Å². The van der Waals surface area contributed by atoms with E-state index in [1.54, 1.807) is 12.5 Å². The highest BCUT2D eigenvalue weighted by Gasteiger charge is 2.14. The molecule has 3 aromatic rings. The predicted octanol–water partition coefficient (Wildman–Crippen LogP) is 2.20. The number of aromatic amines is 1. The van der Waals surface area contributed by atoms with Crippen LogP contribution in [-0.2, 0) is 13.1 Å². The van der Waals surface area contributed by atoms with Gasteiger partial charge in [0.2, 0.25) is 0 Å². The molecule has 0 spiro atoms. The predicted molar refractivity (Wildman–Crippen MR) is 87.0 cm³/mol. The fourth-order valence-electron chi connectivity index (χ4n) is 2.59. The summed E-state index contributed by atoms with van der Waals surface area (Å²) in [6.07, 6.45) is 5.48. The minimum atomic E-state index is -0.103. The van der Waals surface area contributed by atoms with Crippen molar-refractivity contribution >= 4 is 5.91 Å². The van der Waals surface area contributed by atoms with Gasteiger partial charge in [-0.05, 0) is 25.0 Å². The molecule has 0 unspecified atom stereocenters. The van der Waals surface area contributed by atoms with Crippen molar-refractivity contribution in [2.45, 2.75) is 26.9 Å². The van der Waals surface area contributed by atoms with Crippen molar-refractivity contribution in [3.8, 4) is 0 Å². The number of benzene rings is 1. The van der Waals surface area contributed by atoms with E-state index >= 15 is 0 Å². The van der Waals surface area contributed by atoms with Gasteiger partial charge in [0.25, 0.3) is 5.91 Å². The summed E-state index contributed by atoms with van der Waals surface area (Å²) in [7, 11) is 0. The number of amides is 1. The Morgan fingerprint density at radius 3 is 2.83 bits per heavy atom. The van der Waals surface area contributed by atoms with Crippen LogP contribution in [0.2, 0.25) is 0 Å². The first kappa shape index (κ1) is 15.0. The van der Waals surface area contributed by atoms with Crippen LogP contribution in [0.3, 0.4) is 0 Å². The molecule has 0 saturated carbocycles. The molecule has 118 valence electrons. The van der Waals surface area contributed by atoms with Gasteiger partial charge in [-0.3, -0.25) is 9.89 Å². The Labute approximate surface area is 134 Å². The zero-order chi connectivity index (χ0) is 16.2. The van der Waals surface area contributed by atoms with E-state index in [4.69, 9.17) is 0 Å². The van der Waals surface area contributed by atoms with Gasteiger partial charge < -0.3 is 9.88 Å². The third-order valence-electron chi connectivity index (χ3n) is 3.72. The normalized spacial score (nSPS) is 10.7. The Hall–Kier alpha value is -2.89. The zero-order valence-corrected chi connectivity index (χ0v) is 13.2. The summed E-state index contributed by atoms with van der Waals surface area (Å²) in [5.74, 6) is -0.103. The van der Waals surface area contributed by atoms with Gasteiger partial charge in [-0.2, -0.15) is 5.10 Å². The Morgan fingerprint density at radius 1 is 1.30 bits per heavy atom. The number of imidazole rings is 1. The summed E-state index contributed by atoms with van der Waals surface area (Å²) in [5, 5.41) is 9.83. The maximum Gasteiger partial charge on any atom is 0.255 e. The van der Waals surface area contributed by atoms with E-state index in [0.717, 1.165) is 17.8 Å². The molecule has 0 saturated heterocycles. The Bertz CT molecular complexity index is 785. The number of nitrogens with zero attached hydrogens (tertiary/aromatic N) is 3. The maximum atomic E-state index is 12.3. The standard InChI is InChI=1S/C17H19N5O/c1-12-16(13(2)21-20-12)17(23)19-9-14-4-3-5-15(8-14)10-22-7-6-18-11-22/h3-8,11H,9-10H2,1-2H3,(H,19,23)(H,20,21). The highest BCUT2D eigenvalue weighted by molar-refractivity contribution is 5.96. The van der Waals surface area contributed by atoms with Gasteiger partial charge in [-0.1, -0.05) is 24.3 Å². The van der Waals surface area contributed by atoms with Crippen molar-refractivity contribution in [3.63, 3.8) is 0 Å². The van der Waals surface area contributed by atoms with Gasteiger partial charge in [-0.25, -0.2) is 4.98 Å². The first-order chi connectivity index (χ1) is 11.1. The number of hydrogen-bond acceptors (Lipinski definition) is 3. The molecule has 23 heavy (non-hydrogen) atoms. The second kappa shape index (κ2) is 6.48. The summed E-state index contributed by atoms with van der Waals surface area (Å²) in [4.78, 5) is 16.3. The Kier molecular flexibility index (Phi) is 4.23. The van der Waals surface area contributed by atoms with Crippen LogP contribution in [0.5, 0.6) is 0 Å². The molecule has 0 atom stereocenters. The number of H-pyrrole nitrogens is 1. The Morgan fingerprint density at radius 2 is 2.13 bits per heavy atom. The molecule has 0 fully saturated rings. The molecule has 6 heteroatoms. The average Bonchev–Trinajstić information content (AvgIpc) is 3.15. The molecular weight excluding hydrogens is 290 g/mol. The fraction of sp³-hybridized carbons (Fsp3) is 0.235. The molecule has 2 N–H and O–H groups in total. The lowest BCUT2D eigenvalue weighted by atomic mass is 10.1. The first-order valence-electron chi connectivity index (χ1n) is 7.47. The number of aryl methyl sites for hydroxylation is 2. The largest absolute Gasteiger partial charge is 0.348 e. The van der Waals surface area contributed by atoms with Crippen LogP contribution >= 0.6 is 0 Å². The number of hydrogen-bond donors (Lipinski definition) is 2. The lowest BCUT2D eigenvalue weighted by Crippen LogP contribution is -2.24. The van der Waals surface area contributed by atoms with E-state index in [1.165, 1.54) is 5.56 Å². The Balaban J connectivity index is 1.65. The maximum absolute atomic E-state index is 12.3. The second-order valence-corrected chi connectivity index (χ2v) is 5.55. The van der Waals surface area contributed by atoms with Crippen LogP contribution in [0.1, 0.15) is 32.9 Å². The van der Waals surface area contributed by atoms with Crippen LogP contribution in [-0.4, -0.2) is 25.7 Å². The first-order valence-corrected chi connectivity index (χ1v) is 7.47. The summed E-state index contributed by atoms with van der Waals surface area (Å²) in [5.41, 5.74) is 4.36. The van der Waals surface area contributed by atoms with Gasteiger partial charge in [0, 0.05) is 31.2 Å². The van der Waals surface area contributed by atoms with Crippen LogP contribution in [0, 0.1) is 13.8 Å². The summed E-state index contributed by atoms with van der Waals surface area (Å²) in [6.45, 7) is 4.92. The van der Waals surface area contributed by atoms with Crippen molar-refractivity contribution in [1.82, 2.24) is 25.1 Å². The van der Waals surface area contributed by atoms with E-state index in [-0.39, 0.29) is 5.91 Å². The molecule has 0 aliphatic carbocycles. The number of aromatic nitrogens is 4. The van der Waals surface area contributed by atoms with E-state index in [9.17, 15) is 4.79 Å². The van der Waals surface area contributed by atoms with Gasteiger partial charge in [0.05, 0.1) is 17.6 Å². The molecule has 6 nitrogen and oxygen atoms in total. The number of nitrogens with one attached hydrogen (secondary N) is 2. The molecule has 3 rings (SSSR count). The van der Waals surface area contributed by atoms with Crippen LogP contribution in [0.25, 0.3) is 0 Å². The zero-order valence-electron chi connectivity index (χ0n) is 13.2. The van der Waals surface area contributed by atoms with E-state index in [0.29, 0.717) is 17.8 Å². The highest BCUT2D eigenvalue weighted by Crippen LogP contribution is 2.11. The van der Waals surface area contributed by atoms with Crippen molar-refractivity contribution in [3.05, 3.63) is 71.1 Å². The van der Waals surface area contributed by atoms with Gasteiger partial charge in [0.1, 0.15) is 0 Å². The molecule has 2 heterocycles. The lowest BCUT2D eigenvalue weighted by molar-refractivity contribution is 0.0949. The van der Waals surface area contributed by atoms with E-state index < -0.39 is 0 Å². The lowest BCUT2D eigenvalue weighted by Gasteiger charge is -2.08. The SMILES string of the molecule is Cc1n[nH]c(C)c1C(=O)NCc1cccc(Cn2ccnc2)c1. The molecule has 0 radical (unpaired) electrons. The smallest absolute Gasteiger partial charge is 0.255 e. The molecule has 1 aromatic carbocycles. The van der Waals surface area contributed by atoms with Gasteiger partial charge >= 0.3 is 0 Å². The summed E-state index contributed by atoms with van der Waals surface area (Å²) in [6, 6.07) is 8.17. The number of rotatable bonds is 5. The van der Waals surface area contributed by atoms with Gasteiger partial charge in [-0.15, -0.1) is 0 Å². The second-order valence-electron chi connectivity index (χ2n) is 5.55. The quantitative estimate of drug-likeness (QED) is 0.758. The van der Waals surface area contributed by atoms with Crippen molar-refractivity contribution in [1.29, 1.82) is 0 Å². The highest BCUT2D eigenvalue weighted by atomic mass is 16.1. The summed E-state index contributed by atoms with van der Waals surface area (Å²) >= 11 is 0. The molecular formula is C17H19N5O. The van der Waals surface area contributed by atoms with Crippen molar-refractivity contribution in [2.75, 3.05) is 0 Å². The minimum Gasteiger partial charge on any atom is -0.348 e. The third-order valence-corrected chi connectivity index (χ3v) is 3.72. The summed E-state index contributed by atoms with van der Waals surface area (Å²) < 4.78 is 2.01. The number of carbonyl (C=O) groups is 1. The van der Waals surface area contributed by atoms with Crippen LogP contribution < -0.4 is 5.32 Å². The third kappa shape index (κ3) is 3.48.